The number of hydrogen-bond donors (Lipinski definition) is 1. The van der Waals surface area contributed by atoms with E-state index >= 15 is 0 Å². The SMILES string of the molecule is CN(C)CCN=C1c2ccccc2NC2C=CC([N+](=O)[O-])=CC12.Cl.Cl. The van der Waals surface area contributed by atoms with Gasteiger partial charge in [-0.3, -0.25) is 15.1 Å². The second-order valence-electron chi connectivity index (χ2n) is 6.02. The van der Waals surface area contributed by atoms with Crippen molar-refractivity contribution in [1.82, 2.24) is 4.90 Å². The normalized spacial score (nSPS) is 22.0. The number of hydrogen-bond acceptors (Lipinski definition) is 5. The lowest BCUT2D eigenvalue weighted by atomic mass is 9.82. The minimum Gasteiger partial charge on any atom is -0.377 e. The van der Waals surface area contributed by atoms with Crippen LogP contribution >= 0.6 is 24.8 Å². The molecule has 1 aliphatic carbocycles. The summed E-state index contributed by atoms with van der Waals surface area (Å²) < 4.78 is 0. The van der Waals surface area contributed by atoms with E-state index in [-0.39, 0.29) is 47.4 Å². The summed E-state index contributed by atoms with van der Waals surface area (Å²) in [6.45, 7) is 1.52. The lowest BCUT2D eigenvalue weighted by molar-refractivity contribution is -0.419. The molecule has 136 valence electrons. The number of nitro groups is 1. The third-order valence-corrected chi connectivity index (χ3v) is 4.09. The first-order valence-corrected chi connectivity index (χ1v) is 7.65. The molecule has 1 aliphatic heterocycles. The van der Waals surface area contributed by atoms with Crippen LogP contribution in [0.4, 0.5) is 5.69 Å². The second kappa shape index (κ2) is 8.99. The smallest absolute Gasteiger partial charge is 0.265 e. The Balaban J connectivity index is 0.00000156. The van der Waals surface area contributed by atoms with E-state index in [2.05, 4.69) is 10.2 Å². The van der Waals surface area contributed by atoms with Crippen molar-refractivity contribution in [3.8, 4) is 0 Å². The Morgan fingerprint density at radius 1 is 1.28 bits per heavy atom. The van der Waals surface area contributed by atoms with Crippen molar-refractivity contribution in [2.24, 2.45) is 10.9 Å². The fraction of sp³-hybridized carbons (Fsp3) is 0.353. The van der Waals surface area contributed by atoms with E-state index in [1.165, 1.54) is 0 Å². The number of aliphatic imine (C=N–C) groups is 1. The average molecular weight is 385 g/mol. The summed E-state index contributed by atoms with van der Waals surface area (Å²) in [5.41, 5.74) is 3.12. The number of anilines is 1. The zero-order valence-corrected chi connectivity index (χ0v) is 15.7. The topological polar surface area (TPSA) is 70.8 Å². The van der Waals surface area contributed by atoms with Gasteiger partial charge in [0.2, 0.25) is 0 Å². The minimum atomic E-state index is -0.343. The third-order valence-electron chi connectivity index (χ3n) is 4.09. The molecule has 0 saturated carbocycles. The quantitative estimate of drug-likeness (QED) is 0.639. The van der Waals surface area contributed by atoms with Crippen LogP contribution in [0, 0.1) is 16.0 Å². The highest BCUT2D eigenvalue weighted by molar-refractivity contribution is 6.10. The fourth-order valence-electron chi connectivity index (χ4n) is 2.93. The predicted octanol–water partition coefficient (Wildman–Crippen LogP) is 3.02. The van der Waals surface area contributed by atoms with Crippen molar-refractivity contribution in [1.29, 1.82) is 0 Å². The highest BCUT2D eigenvalue weighted by Crippen LogP contribution is 2.33. The Morgan fingerprint density at radius 3 is 2.68 bits per heavy atom. The highest BCUT2D eigenvalue weighted by atomic mass is 35.5. The summed E-state index contributed by atoms with van der Waals surface area (Å²) in [5, 5.41) is 14.5. The molecule has 2 unspecified atom stereocenters. The van der Waals surface area contributed by atoms with Gasteiger partial charge in [0.1, 0.15) is 0 Å². The standard InChI is InChI=1S/C17H20N4O2.2ClH/c1-20(2)10-9-18-17-13-5-3-4-6-15(13)19-16-8-7-12(21(22)23)11-14(16)17;;/h3-8,11,14,16,19H,9-10H2,1-2H3;2*1H. The molecule has 25 heavy (non-hydrogen) atoms. The van der Waals surface area contributed by atoms with E-state index in [4.69, 9.17) is 4.99 Å². The molecular weight excluding hydrogens is 363 g/mol. The van der Waals surface area contributed by atoms with Crippen LogP contribution < -0.4 is 5.32 Å². The number of likely N-dealkylation sites (N-methyl/N-ethyl adjacent to an activating group) is 1. The maximum atomic E-state index is 11.1. The summed E-state index contributed by atoms with van der Waals surface area (Å²) in [5.74, 6) is -0.113. The summed E-state index contributed by atoms with van der Waals surface area (Å²) in [4.78, 5) is 17.6. The molecule has 0 bridgehead atoms. The molecule has 1 N–H and O–H groups in total. The molecule has 0 aromatic heterocycles. The summed E-state index contributed by atoms with van der Waals surface area (Å²) >= 11 is 0. The minimum absolute atomic E-state index is 0. The van der Waals surface area contributed by atoms with E-state index in [0.717, 1.165) is 23.5 Å². The maximum Gasteiger partial charge on any atom is 0.265 e. The van der Waals surface area contributed by atoms with E-state index in [1.807, 2.05) is 44.4 Å². The lowest BCUT2D eigenvalue weighted by Gasteiger charge is -2.34. The van der Waals surface area contributed by atoms with Gasteiger partial charge >= 0.3 is 0 Å². The van der Waals surface area contributed by atoms with Gasteiger partial charge in [0.15, 0.2) is 0 Å². The number of allylic oxidation sites excluding steroid dienone is 1. The summed E-state index contributed by atoms with van der Waals surface area (Å²) in [6, 6.07) is 8.00. The second-order valence-corrected chi connectivity index (χ2v) is 6.02. The lowest BCUT2D eigenvalue weighted by Crippen LogP contribution is -2.39. The number of rotatable bonds is 4. The first-order chi connectivity index (χ1) is 11.1. The highest BCUT2D eigenvalue weighted by Gasteiger charge is 2.34. The van der Waals surface area contributed by atoms with Gasteiger partial charge in [-0.15, -0.1) is 24.8 Å². The molecule has 1 heterocycles. The Hall–Kier alpha value is -1.89. The monoisotopic (exact) mass is 384 g/mol. The van der Waals surface area contributed by atoms with Crippen LogP contribution in [-0.4, -0.2) is 48.8 Å². The van der Waals surface area contributed by atoms with Crippen molar-refractivity contribution in [2.45, 2.75) is 6.04 Å². The van der Waals surface area contributed by atoms with Crippen LogP contribution in [0.1, 0.15) is 5.56 Å². The number of fused-ring (bicyclic) bond motifs is 2. The molecule has 2 aliphatic rings. The largest absolute Gasteiger partial charge is 0.377 e. The molecule has 0 radical (unpaired) electrons. The fourth-order valence-corrected chi connectivity index (χ4v) is 2.93. The molecule has 6 nitrogen and oxygen atoms in total. The van der Waals surface area contributed by atoms with E-state index in [1.54, 1.807) is 12.2 Å². The maximum absolute atomic E-state index is 11.1. The van der Waals surface area contributed by atoms with Crippen LogP contribution in [0.25, 0.3) is 0 Å². The molecular formula is C17H22Cl2N4O2. The predicted molar refractivity (Wildman–Crippen MR) is 106 cm³/mol. The Morgan fingerprint density at radius 2 is 2.00 bits per heavy atom. The van der Waals surface area contributed by atoms with Crippen LogP contribution in [0.2, 0.25) is 0 Å². The van der Waals surface area contributed by atoms with E-state index in [9.17, 15) is 10.1 Å². The Labute approximate surface area is 159 Å². The van der Waals surface area contributed by atoms with Gasteiger partial charge in [0, 0.05) is 29.9 Å². The molecule has 8 heteroatoms. The van der Waals surface area contributed by atoms with Crippen molar-refractivity contribution >= 4 is 36.2 Å². The van der Waals surface area contributed by atoms with E-state index in [0.29, 0.717) is 6.54 Å². The number of nitrogens with one attached hydrogen (secondary N) is 1. The van der Waals surface area contributed by atoms with Gasteiger partial charge in [-0.25, -0.2) is 0 Å². The Kier molecular flexibility index (Phi) is 7.60. The van der Waals surface area contributed by atoms with Gasteiger partial charge in [0.25, 0.3) is 5.70 Å². The molecule has 0 fully saturated rings. The molecule has 1 aromatic rings. The molecule has 2 atom stereocenters. The zero-order chi connectivity index (χ0) is 16.4. The number of halogens is 2. The number of nitrogens with zero attached hydrogens (tertiary/aromatic N) is 3. The van der Waals surface area contributed by atoms with Crippen LogP contribution in [0.5, 0.6) is 0 Å². The third kappa shape index (κ3) is 4.60. The van der Waals surface area contributed by atoms with Gasteiger partial charge in [0.05, 0.1) is 29.1 Å². The van der Waals surface area contributed by atoms with Gasteiger partial charge < -0.3 is 10.2 Å². The van der Waals surface area contributed by atoms with Crippen molar-refractivity contribution in [3.05, 3.63) is 63.9 Å². The molecule has 0 saturated heterocycles. The van der Waals surface area contributed by atoms with Gasteiger partial charge in [-0.2, -0.15) is 0 Å². The van der Waals surface area contributed by atoms with Gasteiger partial charge in [-0.1, -0.05) is 24.3 Å². The average Bonchev–Trinajstić information content (AvgIpc) is 2.53. The van der Waals surface area contributed by atoms with E-state index < -0.39 is 0 Å². The number of para-hydroxylation sites is 1. The van der Waals surface area contributed by atoms with Gasteiger partial charge in [-0.05, 0) is 20.2 Å². The molecule has 0 spiro atoms. The van der Waals surface area contributed by atoms with Crippen LogP contribution in [0.3, 0.4) is 0 Å². The van der Waals surface area contributed by atoms with Crippen LogP contribution in [-0.2, 0) is 0 Å². The Bertz CT molecular complexity index is 716. The van der Waals surface area contributed by atoms with Crippen LogP contribution in [0.15, 0.2) is 53.2 Å². The molecule has 1 aromatic carbocycles. The van der Waals surface area contributed by atoms with Crippen molar-refractivity contribution in [3.63, 3.8) is 0 Å². The summed E-state index contributed by atoms with van der Waals surface area (Å²) in [6.07, 6.45) is 5.14. The first-order valence-electron chi connectivity index (χ1n) is 7.65. The number of benzene rings is 1. The zero-order valence-electron chi connectivity index (χ0n) is 14.1. The molecule has 0 amide bonds. The summed E-state index contributed by atoms with van der Waals surface area (Å²) in [7, 11) is 4.01. The van der Waals surface area contributed by atoms with Crippen molar-refractivity contribution in [2.75, 3.05) is 32.5 Å². The first kappa shape index (κ1) is 21.2. The van der Waals surface area contributed by atoms with Crippen molar-refractivity contribution < 1.29 is 4.92 Å². The molecule has 3 rings (SSSR count).